The molecule has 6 fully saturated rings. The molecule has 13 atom stereocenters. The third kappa shape index (κ3) is 5.28. The van der Waals surface area contributed by atoms with E-state index < -0.39 is 53.0 Å². The van der Waals surface area contributed by atoms with E-state index in [2.05, 4.69) is 33.0 Å². The van der Waals surface area contributed by atoms with Crippen LogP contribution >= 0.6 is 0 Å². The Kier molecular flexibility index (Phi) is 8.55. The number of carbonyl (C=O) groups is 2. The van der Waals surface area contributed by atoms with Crippen molar-refractivity contribution in [1.82, 2.24) is 5.32 Å². The highest BCUT2D eigenvalue weighted by molar-refractivity contribution is 5.82. The summed E-state index contributed by atoms with van der Waals surface area (Å²) in [5.41, 5.74) is -2.44. The normalized spacial score (nSPS) is 46.9. The minimum absolute atomic E-state index is 0.0101. The van der Waals surface area contributed by atoms with E-state index in [1.165, 1.54) is 0 Å². The van der Waals surface area contributed by atoms with Crippen molar-refractivity contribution in [1.29, 1.82) is 0 Å². The Balaban J connectivity index is 1.33. The largest absolute Gasteiger partial charge is 0.460 e. The van der Waals surface area contributed by atoms with Crippen LogP contribution in [-0.4, -0.2) is 75.1 Å². The van der Waals surface area contributed by atoms with Crippen molar-refractivity contribution in [3.8, 4) is 0 Å². The topological polar surface area (TPSA) is 135 Å². The third-order valence-corrected chi connectivity index (χ3v) is 15.2. The van der Waals surface area contributed by atoms with Crippen LogP contribution in [0.3, 0.4) is 0 Å². The molecule has 0 aromatic rings. The van der Waals surface area contributed by atoms with Gasteiger partial charge in [-0.3, -0.25) is 0 Å². The van der Waals surface area contributed by atoms with Gasteiger partial charge in [-0.15, -0.1) is 0 Å². The number of rotatable bonds is 6. The molecular weight excluding hydrogens is 610 g/mol. The van der Waals surface area contributed by atoms with E-state index in [-0.39, 0.29) is 57.5 Å². The van der Waals surface area contributed by atoms with E-state index in [4.69, 9.17) is 14.2 Å². The molecule has 1 aliphatic heterocycles. The van der Waals surface area contributed by atoms with E-state index >= 15 is 0 Å². The van der Waals surface area contributed by atoms with Gasteiger partial charge in [0, 0.05) is 11.8 Å². The Morgan fingerprint density at radius 2 is 1.58 bits per heavy atom. The number of fused-ring (bicyclic) bond motifs is 2. The number of nitrogens with one attached hydrogen (secondary N) is 1. The molecule has 6 rings (SSSR count). The Morgan fingerprint density at radius 3 is 2.17 bits per heavy atom. The predicted molar refractivity (Wildman–Crippen MR) is 182 cm³/mol. The van der Waals surface area contributed by atoms with Crippen molar-refractivity contribution >= 4 is 12.1 Å². The second-order valence-electron chi connectivity index (χ2n) is 20.0. The second kappa shape index (κ2) is 11.3. The van der Waals surface area contributed by atoms with E-state index in [0.29, 0.717) is 12.8 Å². The van der Waals surface area contributed by atoms with Gasteiger partial charge in [0.15, 0.2) is 0 Å². The van der Waals surface area contributed by atoms with E-state index in [9.17, 15) is 24.9 Å². The van der Waals surface area contributed by atoms with Gasteiger partial charge in [-0.05, 0) is 131 Å². The van der Waals surface area contributed by atoms with Crippen LogP contribution in [0.25, 0.3) is 0 Å². The average Bonchev–Trinajstić information content (AvgIpc) is 3.19. The molecule has 9 heteroatoms. The lowest BCUT2D eigenvalue weighted by Gasteiger charge is -2.64. The molecule has 4 N–H and O–H groups in total. The lowest BCUT2D eigenvalue weighted by Crippen LogP contribution is -2.62. The first-order valence-electron chi connectivity index (χ1n) is 18.9. The first-order chi connectivity index (χ1) is 21.9. The highest BCUT2D eigenvalue weighted by Gasteiger charge is 2.85. The number of ether oxygens (including phenoxy) is 3. The Hall–Kier alpha value is -1.42. The number of alkyl carbamates (subject to hydrolysis) is 1. The fourth-order valence-electron chi connectivity index (χ4n) is 12.8. The average molecular weight is 676 g/mol. The fraction of sp³-hybridized carbons (Fsp3) is 0.949. The highest BCUT2D eigenvalue weighted by atomic mass is 16.6. The monoisotopic (exact) mass is 675 g/mol. The minimum Gasteiger partial charge on any atom is -0.460 e. The van der Waals surface area contributed by atoms with Crippen molar-refractivity contribution < 1.29 is 39.1 Å². The van der Waals surface area contributed by atoms with Gasteiger partial charge in [0.2, 0.25) is 0 Å². The zero-order valence-electron chi connectivity index (χ0n) is 31.5. The van der Waals surface area contributed by atoms with Gasteiger partial charge in [0.1, 0.15) is 17.7 Å². The number of hydrogen-bond acceptors (Lipinski definition) is 8. The number of aliphatic hydroxyl groups is 3. The number of esters is 1. The van der Waals surface area contributed by atoms with Gasteiger partial charge in [-0.25, -0.2) is 9.59 Å². The van der Waals surface area contributed by atoms with Crippen LogP contribution < -0.4 is 5.32 Å². The molecule has 0 radical (unpaired) electrons. The summed E-state index contributed by atoms with van der Waals surface area (Å²) in [6, 6.07) is -0.869. The fourth-order valence-corrected chi connectivity index (χ4v) is 12.8. The molecule has 1 saturated heterocycles. The summed E-state index contributed by atoms with van der Waals surface area (Å²) in [6.45, 7) is 21.9. The standard InChI is InChI=1S/C39H65NO8/c1-21(2)29(40-32(44)48-33(3,4)5)31(43)47-24-18-25-37(11)19-22(41)28(23-12-13-27(46-23)35(8,9)45)36(37,10)16-17-38(25)20-39(38)15-14-26(42)34(6,7)30(24)39/h21-30,41-42,45H,12-20H2,1-11H3,(H,40,44)/t22-,23?,24-,25?,26-,27-,28+,29-,30-,36+,37-,38?,39+/m0/s1. The molecule has 3 unspecified atom stereocenters. The van der Waals surface area contributed by atoms with Gasteiger partial charge in [-0.2, -0.15) is 0 Å². The number of amides is 1. The van der Waals surface area contributed by atoms with Crippen molar-refractivity contribution in [2.45, 2.75) is 182 Å². The molecule has 5 saturated carbocycles. The number of hydrogen-bond donors (Lipinski definition) is 4. The molecule has 0 bridgehead atoms. The van der Waals surface area contributed by atoms with Crippen LogP contribution in [0.1, 0.15) is 134 Å². The SMILES string of the molecule is CC(C)[C@H](NC(=O)OC(C)(C)C)C(=O)O[C@H]1CC2C3(CC[C@]4(C)[C@@H](C5CC[C@@H](C(C)(C)O)O5)[C@@H](O)C[C@@]24C)C[C@@]32CC[C@H](O)C(C)(C)[C@H]12. The molecular formula is C39H65NO8. The van der Waals surface area contributed by atoms with Crippen molar-refractivity contribution in [2.24, 2.45) is 50.7 Å². The minimum atomic E-state index is -0.931. The maximum absolute atomic E-state index is 14.1. The lowest BCUT2D eigenvalue weighted by atomic mass is 9.41. The Labute approximate surface area is 288 Å². The van der Waals surface area contributed by atoms with E-state index in [1.807, 2.05) is 27.7 Å². The smallest absolute Gasteiger partial charge is 0.408 e. The molecule has 274 valence electrons. The van der Waals surface area contributed by atoms with Gasteiger partial charge in [-0.1, -0.05) is 41.5 Å². The zero-order chi connectivity index (χ0) is 35.6. The van der Waals surface area contributed by atoms with Crippen molar-refractivity contribution in [3.63, 3.8) is 0 Å². The molecule has 9 nitrogen and oxygen atoms in total. The molecule has 1 amide bonds. The second-order valence-corrected chi connectivity index (χ2v) is 20.0. The molecule has 5 aliphatic carbocycles. The van der Waals surface area contributed by atoms with Crippen LogP contribution in [0.4, 0.5) is 4.79 Å². The van der Waals surface area contributed by atoms with E-state index in [0.717, 1.165) is 44.9 Å². The molecule has 0 aromatic carbocycles. The van der Waals surface area contributed by atoms with Crippen molar-refractivity contribution in [2.75, 3.05) is 0 Å². The Morgan fingerprint density at radius 1 is 0.917 bits per heavy atom. The van der Waals surface area contributed by atoms with Gasteiger partial charge < -0.3 is 34.8 Å². The summed E-state index contributed by atoms with van der Waals surface area (Å²) >= 11 is 0. The molecule has 6 aliphatic rings. The maximum Gasteiger partial charge on any atom is 0.408 e. The summed E-state index contributed by atoms with van der Waals surface area (Å²) in [7, 11) is 0. The number of carbonyl (C=O) groups excluding carboxylic acids is 2. The van der Waals surface area contributed by atoms with Crippen LogP contribution in [0, 0.1) is 50.7 Å². The van der Waals surface area contributed by atoms with Crippen LogP contribution in [0.15, 0.2) is 0 Å². The molecule has 2 spiro atoms. The summed E-state index contributed by atoms with van der Waals surface area (Å²) in [5.74, 6) is -0.484. The lowest BCUT2D eigenvalue weighted by molar-refractivity contribution is -0.215. The Bertz CT molecular complexity index is 1290. The van der Waals surface area contributed by atoms with Gasteiger partial charge >= 0.3 is 12.1 Å². The first-order valence-corrected chi connectivity index (χ1v) is 18.9. The summed E-state index contributed by atoms with van der Waals surface area (Å²) in [6.07, 6.45) is 5.32. The molecule has 1 heterocycles. The highest BCUT2D eigenvalue weighted by Crippen LogP contribution is 2.89. The summed E-state index contributed by atoms with van der Waals surface area (Å²) in [4.78, 5) is 26.9. The van der Waals surface area contributed by atoms with Gasteiger partial charge in [0.05, 0.1) is 30.0 Å². The van der Waals surface area contributed by atoms with Crippen LogP contribution in [0.5, 0.6) is 0 Å². The summed E-state index contributed by atoms with van der Waals surface area (Å²) < 4.78 is 18.7. The summed E-state index contributed by atoms with van der Waals surface area (Å²) in [5, 5.41) is 36.9. The quantitative estimate of drug-likeness (QED) is 0.247. The number of aliphatic hydroxyl groups excluding tert-OH is 2. The van der Waals surface area contributed by atoms with E-state index in [1.54, 1.807) is 20.8 Å². The predicted octanol–water partition coefficient (Wildman–Crippen LogP) is 6.15. The molecule has 48 heavy (non-hydrogen) atoms. The van der Waals surface area contributed by atoms with Crippen LogP contribution in [-0.2, 0) is 19.0 Å². The maximum atomic E-state index is 14.1. The van der Waals surface area contributed by atoms with Crippen molar-refractivity contribution in [3.05, 3.63) is 0 Å². The van der Waals surface area contributed by atoms with Gasteiger partial charge in [0.25, 0.3) is 0 Å². The first kappa shape index (κ1) is 36.4. The zero-order valence-corrected chi connectivity index (χ0v) is 31.5. The molecule has 0 aromatic heterocycles. The van der Waals surface area contributed by atoms with Crippen LogP contribution in [0.2, 0.25) is 0 Å². The third-order valence-electron chi connectivity index (χ3n) is 15.2.